The summed E-state index contributed by atoms with van der Waals surface area (Å²) in [5.41, 5.74) is 3.42. The van der Waals surface area contributed by atoms with E-state index in [1.807, 2.05) is 41.9 Å². The molecular weight excluding hydrogens is 334 g/mol. The smallest absolute Gasteiger partial charge is 0.211 e. The summed E-state index contributed by atoms with van der Waals surface area (Å²) in [4.78, 5) is 17.4. The van der Waals surface area contributed by atoms with Gasteiger partial charge in [-0.2, -0.15) is 5.10 Å². The van der Waals surface area contributed by atoms with Crippen molar-refractivity contribution in [1.82, 2.24) is 14.8 Å². The van der Waals surface area contributed by atoms with Crippen molar-refractivity contribution < 1.29 is 9.21 Å². The minimum atomic E-state index is 0.0548. The maximum Gasteiger partial charge on any atom is 0.211 e. The molecule has 3 heterocycles. The molecule has 1 atom stereocenters. The van der Waals surface area contributed by atoms with Gasteiger partial charge in [0, 0.05) is 18.8 Å². The summed E-state index contributed by atoms with van der Waals surface area (Å²) in [7, 11) is 0. The summed E-state index contributed by atoms with van der Waals surface area (Å²) < 4.78 is 8.51. The van der Waals surface area contributed by atoms with Crippen LogP contribution in [0.3, 0.4) is 0 Å². The van der Waals surface area contributed by atoms with Gasteiger partial charge in [-0.25, -0.2) is 9.67 Å². The Kier molecular flexibility index (Phi) is 3.15. The Morgan fingerprint density at radius 2 is 2.08 bits per heavy atom. The maximum atomic E-state index is 12.7. The lowest BCUT2D eigenvalue weighted by Gasteiger charge is -2.20. The summed E-state index contributed by atoms with van der Waals surface area (Å²) in [6, 6.07) is 11.8. The van der Waals surface area contributed by atoms with E-state index in [9.17, 15) is 4.79 Å². The van der Waals surface area contributed by atoms with Crippen LogP contribution in [0.2, 0.25) is 0 Å². The Balaban J connectivity index is 1.65. The van der Waals surface area contributed by atoms with Gasteiger partial charge in [0.25, 0.3) is 0 Å². The van der Waals surface area contributed by atoms with Crippen molar-refractivity contribution in [2.45, 2.75) is 25.7 Å². The van der Waals surface area contributed by atoms with E-state index in [1.165, 1.54) is 0 Å². The van der Waals surface area contributed by atoms with Crippen molar-refractivity contribution in [3.05, 3.63) is 65.4 Å². The summed E-state index contributed by atoms with van der Waals surface area (Å²) in [6.45, 7) is 1.90. The van der Waals surface area contributed by atoms with E-state index in [2.05, 4.69) is 11.2 Å². The standard InChI is InChI=1S/C19H15N3O2S/c1-11-18-14(9-12(10-15(18)23)16-6-4-8-24-16)22(21-11)19-20-13-5-2-3-7-17(13)25-19/h2-8,12H,9-10H2,1H3/t12-/m0/s1. The van der Waals surface area contributed by atoms with E-state index < -0.39 is 0 Å². The molecule has 1 aliphatic rings. The molecule has 0 spiro atoms. The summed E-state index contributed by atoms with van der Waals surface area (Å²) in [6.07, 6.45) is 2.85. The lowest BCUT2D eigenvalue weighted by atomic mass is 9.84. The number of furan rings is 1. The Morgan fingerprint density at radius 3 is 2.88 bits per heavy atom. The molecule has 1 aromatic carbocycles. The molecule has 0 unspecified atom stereocenters. The number of carbonyl (C=O) groups excluding carboxylic acids is 1. The van der Waals surface area contributed by atoms with Gasteiger partial charge in [-0.05, 0) is 31.2 Å². The Labute approximate surface area is 147 Å². The number of aromatic nitrogens is 3. The molecule has 0 saturated heterocycles. The number of para-hydroxylation sites is 1. The van der Waals surface area contributed by atoms with E-state index >= 15 is 0 Å². The molecule has 0 saturated carbocycles. The zero-order chi connectivity index (χ0) is 17.0. The first-order valence-electron chi connectivity index (χ1n) is 8.22. The van der Waals surface area contributed by atoms with Crippen LogP contribution in [-0.4, -0.2) is 20.5 Å². The topological polar surface area (TPSA) is 60.9 Å². The molecular formula is C19H15N3O2S. The minimum absolute atomic E-state index is 0.0548. The molecule has 0 amide bonds. The Hall–Kier alpha value is -2.73. The number of Topliss-reactive ketones (excluding diaryl/α,β-unsaturated/α-hetero) is 1. The normalized spacial score (nSPS) is 17.2. The molecule has 0 N–H and O–H groups in total. The second-order valence-corrected chi connectivity index (χ2v) is 7.34. The van der Waals surface area contributed by atoms with Crippen molar-refractivity contribution in [3.63, 3.8) is 0 Å². The molecule has 5 rings (SSSR count). The fourth-order valence-corrected chi connectivity index (χ4v) is 4.53. The second-order valence-electron chi connectivity index (χ2n) is 6.33. The van der Waals surface area contributed by atoms with Crippen LogP contribution in [0.5, 0.6) is 0 Å². The highest BCUT2D eigenvalue weighted by molar-refractivity contribution is 7.20. The fraction of sp³-hybridized carbons (Fsp3) is 0.211. The Morgan fingerprint density at radius 1 is 1.20 bits per heavy atom. The zero-order valence-electron chi connectivity index (χ0n) is 13.6. The van der Waals surface area contributed by atoms with Gasteiger partial charge < -0.3 is 4.42 Å². The molecule has 25 heavy (non-hydrogen) atoms. The van der Waals surface area contributed by atoms with Gasteiger partial charge in [-0.1, -0.05) is 23.5 Å². The number of hydrogen-bond donors (Lipinski definition) is 0. The van der Waals surface area contributed by atoms with Gasteiger partial charge in [-0.3, -0.25) is 4.79 Å². The Bertz CT molecular complexity index is 1060. The van der Waals surface area contributed by atoms with Gasteiger partial charge in [0.05, 0.1) is 33.4 Å². The molecule has 1 aliphatic carbocycles. The molecule has 5 nitrogen and oxygen atoms in total. The van der Waals surface area contributed by atoms with Crippen LogP contribution >= 0.6 is 11.3 Å². The van der Waals surface area contributed by atoms with E-state index in [0.717, 1.165) is 44.5 Å². The predicted molar refractivity (Wildman–Crippen MR) is 95.6 cm³/mol. The molecule has 0 fully saturated rings. The highest BCUT2D eigenvalue weighted by Gasteiger charge is 2.33. The van der Waals surface area contributed by atoms with Gasteiger partial charge >= 0.3 is 0 Å². The van der Waals surface area contributed by atoms with Gasteiger partial charge in [0.15, 0.2) is 5.78 Å². The second kappa shape index (κ2) is 5.39. The zero-order valence-corrected chi connectivity index (χ0v) is 14.4. The number of ketones is 1. The number of nitrogens with zero attached hydrogens (tertiary/aromatic N) is 3. The number of aryl methyl sites for hydroxylation is 1. The number of rotatable bonds is 2. The van der Waals surface area contributed by atoms with Crippen LogP contribution in [0.1, 0.15) is 39.8 Å². The van der Waals surface area contributed by atoms with Crippen molar-refractivity contribution in [3.8, 4) is 5.13 Å². The van der Waals surface area contributed by atoms with Crippen molar-refractivity contribution in [1.29, 1.82) is 0 Å². The van der Waals surface area contributed by atoms with Gasteiger partial charge in [0.2, 0.25) is 5.13 Å². The predicted octanol–water partition coefficient (Wildman–Crippen LogP) is 4.30. The van der Waals surface area contributed by atoms with Crippen LogP contribution < -0.4 is 0 Å². The fourth-order valence-electron chi connectivity index (χ4n) is 3.59. The highest BCUT2D eigenvalue weighted by Crippen LogP contribution is 2.36. The van der Waals surface area contributed by atoms with Gasteiger partial charge in [0.1, 0.15) is 5.76 Å². The summed E-state index contributed by atoms with van der Waals surface area (Å²) in [5.74, 6) is 1.04. The van der Waals surface area contributed by atoms with E-state index in [1.54, 1.807) is 17.6 Å². The van der Waals surface area contributed by atoms with Crippen LogP contribution in [-0.2, 0) is 6.42 Å². The van der Waals surface area contributed by atoms with Gasteiger partial charge in [-0.15, -0.1) is 0 Å². The van der Waals surface area contributed by atoms with Crippen LogP contribution in [0, 0.1) is 6.92 Å². The third-order valence-electron chi connectivity index (χ3n) is 4.72. The number of thiazole rings is 1. The average molecular weight is 349 g/mol. The summed E-state index contributed by atoms with van der Waals surface area (Å²) >= 11 is 1.59. The third kappa shape index (κ3) is 2.25. The van der Waals surface area contributed by atoms with Crippen molar-refractivity contribution >= 4 is 27.3 Å². The maximum absolute atomic E-state index is 12.7. The van der Waals surface area contributed by atoms with Crippen LogP contribution in [0.15, 0.2) is 47.1 Å². The lowest BCUT2D eigenvalue weighted by Crippen LogP contribution is -2.20. The first kappa shape index (κ1) is 14.6. The molecule has 0 radical (unpaired) electrons. The number of fused-ring (bicyclic) bond motifs is 2. The molecule has 4 aromatic rings. The third-order valence-corrected chi connectivity index (χ3v) is 5.73. The lowest BCUT2D eigenvalue weighted by molar-refractivity contribution is 0.0959. The molecule has 124 valence electrons. The van der Waals surface area contributed by atoms with Crippen molar-refractivity contribution in [2.75, 3.05) is 0 Å². The van der Waals surface area contributed by atoms with Crippen LogP contribution in [0.25, 0.3) is 15.3 Å². The molecule has 0 bridgehead atoms. The average Bonchev–Trinajstić information content (AvgIpc) is 3.32. The first-order valence-corrected chi connectivity index (χ1v) is 9.03. The largest absolute Gasteiger partial charge is 0.469 e. The highest BCUT2D eigenvalue weighted by atomic mass is 32.1. The minimum Gasteiger partial charge on any atom is -0.469 e. The molecule has 6 heteroatoms. The van der Waals surface area contributed by atoms with E-state index in [4.69, 9.17) is 9.40 Å². The van der Waals surface area contributed by atoms with E-state index in [-0.39, 0.29) is 11.7 Å². The summed E-state index contributed by atoms with van der Waals surface area (Å²) in [5, 5.41) is 5.44. The number of hydrogen-bond acceptors (Lipinski definition) is 5. The molecule has 3 aromatic heterocycles. The number of benzene rings is 1. The SMILES string of the molecule is Cc1nn(-c2nc3ccccc3s2)c2c1C(=O)C[C@@H](c1ccco1)C2. The number of carbonyl (C=O) groups is 1. The quantitative estimate of drug-likeness (QED) is 0.541. The van der Waals surface area contributed by atoms with Crippen LogP contribution in [0.4, 0.5) is 0 Å². The molecule has 0 aliphatic heterocycles. The van der Waals surface area contributed by atoms with E-state index in [0.29, 0.717) is 6.42 Å². The monoisotopic (exact) mass is 349 g/mol. The van der Waals surface area contributed by atoms with Crippen molar-refractivity contribution in [2.24, 2.45) is 0 Å². The first-order chi connectivity index (χ1) is 12.2.